The van der Waals surface area contributed by atoms with Crippen molar-refractivity contribution >= 4 is 28.9 Å². The van der Waals surface area contributed by atoms with Gasteiger partial charge in [-0.1, -0.05) is 23.7 Å². The van der Waals surface area contributed by atoms with Gasteiger partial charge in [0.25, 0.3) is 5.69 Å². The number of nitrogens with zero attached hydrogens (tertiary/aromatic N) is 1. The minimum absolute atomic E-state index is 0.0984. The lowest BCUT2D eigenvalue weighted by Gasteiger charge is -2.10. The van der Waals surface area contributed by atoms with E-state index in [9.17, 15) is 14.9 Å². The predicted octanol–water partition coefficient (Wildman–Crippen LogP) is 3.83. The van der Waals surface area contributed by atoms with E-state index in [0.29, 0.717) is 17.1 Å². The summed E-state index contributed by atoms with van der Waals surface area (Å²) < 4.78 is 5.08. The van der Waals surface area contributed by atoms with E-state index in [1.54, 1.807) is 12.1 Å². The van der Waals surface area contributed by atoms with E-state index in [1.807, 2.05) is 12.1 Å². The Hall–Kier alpha value is -2.60. The van der Waals surface area contributed by atoms with E-state index < -0.39 is 4.92 Å². The molecule has 6 nitrogen and oxygen atoms in total. The van der Waals surface area contributed by atoms with Gasteiger partial charge < -0.3 is 10.1 Å². The maximum atomic E-state index is 12.0. The zero-order valence-electron chi connectivity index (χ0n) is 12.4. The summed E-state index contributed by atoms with van der Waals surface area (Å²) in [5, 5.41) is 14.1. The van der Waals surface area contributed by atoms with Crippen LogP contribution in [0.3, 0.4) is 0 Å². The van der Waals surface area contributed by atoms with Crippen LogP contribution in [0, 0.1) is 10.1 Å². The van der Waals surface area contributed by atoms with E-state index in [4.69, 9.17) is 16.3 Å². The number of aryl methyl sites for hydroxylation is 1. The lowest BCUT2D eigenvalue weighted by atomic mass is 10.1. The Labute approximate surface area is 138 Å². The first kappa shape index (κ1) is 16.8. The van der Waals surface area contributed by atoms with Crippen molar-refractivity contribution in [3.8, 4) is 5.75 Å². The van der Waals surface area contributed by atoms with Crippen molar-refractivity contribution in [1.29, 1.82) is 0 Å². The van der Waals surface area contributed by atoms with Crippen molar-refractivity contribution in [3.05, 3.63) is 63.2 Å². The first-order chi connectivity index (χ1) is 11.0. The lowest BCUT2D eigenvalue weighted by molar-refractivity contribution is -0.384. The van der Waals surface area contributed by atoms with Gasteiger partial charge in [-0.05, 0) is 30.2 Å². The largest absolute Gasteiger partial charge is 0.494 e. The second-order valence-electron chi connectivity index (χ2n) is 4.82. The molecule has 1 amide bonds. The molecule has 0 aromatic heterocycles. The van der Waals surface area contributed by atoms with Crippen LogP contribution >= 0.6 is 11.6 Å². The van der Waals surface area contributed by atoms with E-state index >= 15 is 0 Å². The Morgan fingerprint density at radius 2 is 2.09 bits per heavy atom. The average molecular weight is 335 g/mol. The standard InChI is InChI=1S/C16H15ClN2O4/c1-23-15-10-13(19(21)22)6-7-14(15)18-16(20)8-5-11-3-2-4-12(17)9-11/h2-4,6-7,9-10H,5,8H2,1H3,(H,18,20). The maximum absolute atomic E-state index is 12.0. The molecule has 120 valence electrons. The molecule has 0 aliphatic rings. The first-order valence-corrected chi connectivity index (χ1v) is 7.24. The molecular formula is C16H15ClN2O4. The van der Waals surface area contributed by atoms with Gasteiger partial charge in [-0.2, -0.15) is 0 Å². The van der Waals surface area contributed by atoms with Gasteiger partial charge in [0.05, 0.1) is 23.8 Å². The number of carbonyl (C=O) groups is 1. The number of amides is 1. The molecule has 2 aromatic rings. The molecule has 2 rings (SSSR count). The molecule has 7 heteroatoms. The molecule has 1 N–H and O–H groups in total. The fraction of sp³-hybridized carbons (Fsp3) is 0.188. The first-order valence-electron chi connectivity index (χ1n) is 6.86. The normalized spacial score (nSPS) is 10.2. The number of rotatable bonds is 6. The number of non-ortho nitro benzene ring substituents is 1. The fourth-order valence-electron chi connectivity index (χ4n) is 2.06. The van der Waals surface area contributed by atoms with E-state index in [2.05, 4.69) is 5.32 Å². The molecule has 0 atom stereocenters. The molecular weight excluding hydrogens is 320 g/mol. The zero-order chi connectivity index (χ0) is 16.8. The van der Waals surface area contributed by atoms with Gasteiger partial charge in [0.15, 0.2) is 0 Å². The third kappa shape index (κ3) is 4.69. The third-order valence-electron chi connectivity index (χ3n) is 3.20. The zero-order valence-corrected chi connectivity index (χ0v) is 13.2. The highest BCUT2D eigenvalue weighted by Crippen LogP contribution is 2.29. The number of carbonyl (C=O) groups excluding carboxylic acids is 1. The summed E-state index contributed by atoms with van der Waals surface area (Å²) in [7, 11) is 1.39. The van der Waals surface area contributed by atoms with E-state index in [0.717, 1.165) is 5.56 Å². The number of nitro benzene ring substituents is 1. The van der Waals surface area contributed by atoms with Gasteiger partial charge in [0, 0.05) is 17.5 Å². The van der Waals surface area contributed by atoms with Crippen molar-refractivity contribution in [2.75, 3.05) is 12.4 Å². The average Bonchev–Trinajstić information content (AvgIpc) is 2.53. The number of anilines is 1. The van der Waals surface area contributed by atoms with Crippen molar-refractivity contribution in [2.24, 2.45) is 0 Å². The van der Waals surface area contributed by atoms with Gasteiger partial charge in [-0.3, -0.25) is 14.9 Å². The topological polar surface area (TPSA) is 81.5 Å². The molecule has 0 saturated carbocycles. The summed E-state index contributed by atoms with van der Waals surface area (Å²) in [5.41, 5.74) is 1.26. The van der Waals surface area contributed by atoms with Crippen molar-refractivity contribution in [3.63, 3.8) is 0 Å². The van der Waals surface area contributed by atoms with Crippen LogP contribution in [0.15, 0.2) is 42.5 Å². The van der Waals surface area contributed by atoms with Crippen molar-refractivity contribution in [1.82, 2.24) is 0 Å². The second kappa shape index (κ2) is 7.60. The van der Waals surface area contributed by atoms with Gasteiger partial charge in [0.2, 0.25) is 5.91 Å². The Kier molecular flexibility index (Phi) is 5.54. The number of methoxy groups -OCH3 is 1. The van der Waals surface area contributed by atoms with Crippen LogP contribution in [0.25, 0.3) is 0 Å². The summed E-state index contributed by atoms with van der Waals surface area (Å²) in [6, 6.07) is 11.3. The predicted molar refractivity (Wildman–Crippen MR) is 88.1 cm³/mol. The summed E-state index contributed by atoms with van der Waals surface area (Å²) >= 11 is 5.90. The van der Waals surface area contributed by atoms with Crippen LogP contribution < -0.4 is 10.1 Å². The van der Waals surface area contributed by atoms with Crippen LogP contribution in [0.4, 0.5) is 11.4 Å². The van der Waals surface area contributed by atoms with Crippen LogP contribution in [0.5, 0.6) is 5.75 Å². The Balaban J connectivity index is 2.01. The molecule has 0 unspecified atom stereocenters. The molecule has 2 aromatic carbocycles. The van der Waals surface area contributed by atoms with Gasteiger partial charge >= 0.3 is 0 Å². The Morgan fingerprint density at radius 3 is 2.74 bits per heavy atom. The smallest absolute Gasteiger partial charge is 0.273 e. The molecule has 0 bridgehead atoms. The second-order valence-corrected chi connectivity index (χ2v) is 5.26. The molecule has 0 saturated heterocycles. The summed E-state index contributed by atoms with van der Waals surface area (Å²) in [4.78, 5) is 22.2. The van der Waals surface area contributed by atoms with Gasteiger partial charge in [0.1, 0.15) is 5.75 Å². The summed E-state index contributed by atoms with van der Waals surface area (Å²) in [6.45, 7) is 0. The number of nitrogens with one attached hydrogen (secondary N) is 1. The number of halogens is 1. The molecule has 0 heterocycles. The molecule has 23 heavy (non-hydrogen) atoms. The summed E-state index contributed by atoms with van der Waals surface area (Å²) in [6.07, 6.45) is 0.808. The molecule has 0 fully saturated rings. The quantitative estimate of drug-likeness (QED) is 0.643. The van der Waals surface area contributed by atoms with E-state index in [-0.39, 0.29) is 23.8 Å². The molecule has 0 aliphatic carbocycles. The minimum Gasteiger partial charge on any atom is -0.494 e. The van der Waals surface area contributed by atoms with Crippen LogP contribution in [0.2, 0.25) is 5.02 Å². The van der Waals surface area contributed by atoms with E-state index in [1.165, 1.54) is 25.3 Å². The number of nitro groups is 1. The maximum Gasteiger partial charge on any atom is 0.273 e. The minimum atomic E-state index is -0.521. The van der Waals surface area contributed by atoms with Crippen LogP contribution in [0.1, 0.15) is 12.0 Å². The number of ether oxygens (including phenoxy) is 1. The summed E-state index contributed by atoms with van der Waals surface area (Å²) in [5.74, 6) is 0.0347. The lowest BCUT2D eigenvalue weighted by Crippen LogP contribution is -2.13. The fourth-order valence-corrected chi connectivity index (χ4v) is 2.27. The third-order valence-corrected chi connectivity index (χ3v) is 3.43. The van der Waals surface area contributed by atoms with Crippen LogP contribution in [-0.2, 0) is 11.2 Å². The number of hydrogen-bond donors (Lipinski definition) is 1. The number of benzene rings is 2. The monoisotopic (exact) mass is 334 g/mol. The highest BCUT2D eigenvalue weighted by molar-refractivity contribution is 6.30. The van der Waals surface area contributed by atoms with Crippen LogP contribution in [-0.4, -0.2) is 17.9 Å². The highest BCUT2D eigenvalue weighted by Gasteiger charge is 2.13. The van der Waals surface area contributed by atoms with Gasteiger partial charge in [-0.15, -0.1) is 0 Å². The molecule has 0 spiro atoms. The highest BCUT2D eigenvalue weighted by atomic mass is 35.5. The molecule has 0 aliphatic heterocycles. The van der Waals surface area contributed by atoms with Gasteiger partial charge in [-0.25, -0.2) is 0 Å². The SMILES string of the molecule is COc1cc([N+](=O)[O-])ccc1NC(=O)CCc1cccc(Cl)c1. The van der Waals surface area contributed by atoms with Crippen molar-refractivity contribution in [2.45, 2.75) is 12.8 Å². The Bertz CT molecular complexity index is 734. The Morgan fingerprint density at radius 1 is 1.30 bits per heavy atom. The number of hydrogen-bond acceptors (Lipinski definition) is 4. The molecule has 0 radical (unpaired) electrons. The van der Waals surface area contributed by atoms with Crippen molar-refractivity contribution < 1.29 is 14.5 Å².